The van der Waals surface area contributed by atoms with Gasteiger partial charge in [0.05, 0.1) is 6.26 Å². The maximum Gasteiger partial charge on any atom is 0.336 e. The molecule has 0 saturated carbocycles. The normalized spacial score (nSPS) is 17.0. The van der Waals surface area contributed by atoms with E-state index in [1.165, 1.54) is 22.7 Å². The molecule has 0 unspecified atom stereocenters. The molecule has 0 spiro atoms. The highest BCUT2D eigenvalue weighted by molar-refractivity contribution is 7.88. The summed E-state index contributed by atoms with van der Waals surface area (Å²) in [6.45, 7) is 4.06. The molecule has 1 aromatic heterocycles. The molecule has 1 aromatic carbocycles. The van der Waals surface area contributed by atoms with E-state index < -0.39 is 15.6 Å². The van der Waals surface area contributed by atoms with Crippen molar-refractivity contribution in [1.82, 2.24) is 9.21 Å². The second kappa shape index (κ2) is 7.61. The SMILES string of the molecule is CCc1cc2c(CN3CCC(N(C)S(C)(=O)=O)CC3)cc(=O)oc2cc1O. The van der Waals surface area contributed by atoms with Crippen molar-refractivity contribution in [3.8, 4) is 5.75 Å². The topological polar surface area (TPSA) is 91.1 Å². The van der Waals surface area contributed by atoms with Crippen LogP contribution in [0.4, 0.5) is 0 Å². The number of hydrogen-bond donors (Lipinski definition) is 1. The molecule has 0 amide bonds. The van der Waals surface area contributed by atoms with Crippen LogP contribution >= 0.6 is 0 Å². The number of rotatable bonds is 5. The molecule has 1 aliphatic heterocycles. The number of hydrogen-bond acceptors (Lipinski definition) is 6. The van der Waals surface area contributed by atoms with Crippen molar-refractivity contribution in [3.05, 3.63) is 39.7 Å². The lowest BCUT2D eigenvalue weighted by molar-refractivity contribution is 0.164. The predicted octanol–water partition coefficient (Wildman–Crippen LogP) is 1.92. The van der Waals surface area contributed by atoms with Gasteiger partial charge in [0.2, 0.25) is 10.0 Å². The van der Waals surface area contributed by atoms with Gasteiger partial charge in [0, 0.05) is 50.2 Å². The number of likely N-dealkylation sites (tertiary alicyclic amines) is 1. The van der Waals surface area contributed by atoms with E-state index in [2.05, 4.69) is 4.90 Å². The van der Waals surface area contributed by atoms with Gasteiger partial charge in [-0.15, -0.1) is 0 Å². The zero-order valence-electron chi connectivity index (χ0n) is 15.9. The highest BCUT2D eigenvalue weighted by Gasteiger charge is 2.27. The highest BCUT2D eigenvalue weighted by atomic mass is 32.2. The molecule has 148 valence electrons. The molecule has 7 nitrogen and oxygen atoms in total. The van der Waals surface area contributed by atoms with Gasteiger partial charge in [0.15, 0.2) is 0 Å². The Morgan fingerprint density at radius 1 is 1.22 bits per heavy atom. The summed E-state index contributed by atoms with van der Waals surface area (Å²) in [5, 5.41) is 10.9. The summed E-state index contributed by atoms with van der Waals surface area (Å²) in [6, 6.07) is 4.91. The van der Waals surface area contributed by atoms with Crippen LogP contribution in [0.2, 0.25) is 0 Å². The fourth-order valence-electron chi connectivity index (χ4n) is 3.67. The Morgan fingerprint density at radius 3 is 2.48 bits per heavy atom. The summed E-state index contributed by atoms with van der Waals surface area (Å²) in [5.74, 6) is 0.134. The van der Waals surface area contributed by atoms with Gasteiger partial charge in [-0.05, 0) is 36.5 Å². The molecule has 1 N–H and O–H groups in total. The first-order valence-electron chi connectivity index (χ1n) is 9.13. The van der Waals surface area contributed by atoms with Gasteiger partial charge in [-0.25, -0.2) is 17.5 Å². The molecule has 2 heterocycles. The third-order valence-electron chi connectivity index (χ3n) is 5.40. The second-order valence-corrected chi connectivity index (χ2v) is 9.25. The summed E-state index contributed by atoms with van der Waals surface area (Å²) in [4.78, 5) is 14.1. The van der Waals surface area contributed by atoms with Gasteiger partial charge in [-0.3, -0.25) is 4.90 Å². The van der Waals surface area contributed by atoms with Crippen molar-refractivity contribution in [2.45, 2.75) is 38.8 Å². The Morgan fingerprint density at radius 2 is 1.89 bits per heavy atom. The van der Waals surface area contributed by atoms with Crippen LogP contribution in [0.5, 0.6) is 5.75 Å². The molecule has 1 saturated heterocycles. The summed E-state index contributed by atoms with van der Waals surface area (Å²) in [6.07, 6.45) is 3.42. The third-order valence-corrected chi connectivity index (χ3v) is 6.74. The highest BCUT2D eigenvalue weighted by Crippen LogP contribution is 2.28. The van der Waals surface area contributed by atoms with Crippen LogP contribution in [0.15, 0.2) is 27.4 Å². The molecule has 1 fully saturated rings. The van der Waals surface area contributed by atoms with E-state index in [1.807, 2.05) is 13.0 Å². The molecule has 27 heavy (non-hydrogen) atoms. The zero-order chi connectivity index (χ0) is 19.8. The average Bonchev–Trinajstić information content (AvgIpc) is 2.60. The van der Waals surface area contributed by atoms with E-state index in [1.54, 1.807) is 7.05 Å². The molecule has 0 aliphatic carbocycles. The molecule has 8 heteroatoms. The molecule has 2 aromatic rings. The van der Waals surface area contributed by atoms with Gasteiger partial charge in [-0.1, -0.05) is 6.92 Å². The lowest BCUT2D eigenvalue weighted by Crippen LogP contribution is -2.45. The molecular formula is C19H26N2O5S. The van der Waals surface area contributed by atoms with E-state index in [-0.39, 0.29) is 11.8 Å². The summed E-state index contributed by atoms with van der Waals surface area (Å²) in [7, 11) is -1.56. The first kappa shape index (κ1) is 19.9. The smallest absolute Gasteiger partial charge is 0.336 e. The number of nitrogens with zero attached hydrogens (tertiary/aromatic N) is 2. The first-order chi connectivity index (χ1) is 12.7. The van der Waals surface area contributed by atoms with Gasteiger partial charge in [0.1, 0.15) is 11.3 Å². The molecule has 3 rings (SSSR count). The molecule has 0 radical (unpaired) electrons. The minimum Gasteiger partial charge on any atom is -0.508 e. The molecular weight excluding hydrogens is 368 g/mol. The van der Waals surface area contributed by atoms with E-state index in [4.69, 9.17) is 4.42 Å². The van der Waals surface area contributed by atoms with Crippen LogP contribution in [0.25, 0.3) is 11.0 Å². The maximum atomic E-state index is 11.9. The van der Waals surface area contributed by atoms with E-state index in [9.17, 15) is 18.3 Å². The van der Waals surface area contributed by atoms with Crippen molar-refractivity contribution in [3.63, 3.8) is 0 Å². The maximum absolute atomic E-state index is 11.9. The summed E-state index contributed by atoms with van der Waals surface area (Å²) < 4.78 is 30.1. The second-order valence-electron chi connectivity index (χ2n) is 7.21. The Kier molecular flexibility index (Phi) is 5.60. The standard InChI is InChI=1S/C19H26N2O5S/c1-4-13-9-16-14(10-19(23)26-18(16)11-17(13)22)12-21-7-5-15(6-8-21)20(2)27(3,24)25/h9-11,15,22H,4-8,12H2,1-3H3. The number of sulfonamides is 1. The minimum atomic E-state index is -3.19. The largest absolute Gasteiger partial charge is 0.508 e. The number of aromatic hydroxyl groups is 1. The average molecular weight is 394 g/mol. The lowest BCUT2D eigenvalue weighted by Gasteiger charge is -2.35. The van der Waals surface area contributed by atoms with E-state index >= 15 is 0 Å². The Hall–Kier alpha value is -1.90. The van der Waals surface area contributed by atoms with Crippen LogP contribution in [0.1, 0.15) is 30.9 Å². The summed E-state index contributed by atoms with van der Waals surface area (Å²) in [5.41, 5.74) is 1.63. The number of fused-ring (bicyclic) bond motifs is 1. The van der Waals surface area contributed by atoms with Crippen LogP contribution < -0.4 is 5.63 Å². The number of phenols is 1. The monoisotopic (exact) mass is 394 g/mol. The van der Waals surface area contributed by atoms with Crippen LogP contribution in [-0.4, -0.2) is 55.2 Å². The van der Waals surface area contributed by atoms with Crippen molar-refractivity contribution in [2.75, 3.05) is 26.4 Å². The predicted molar refractivity (Wildman–Crippen MR) is 104 cm³/mol. The quantitative estimate of drug-likeness (QED) is 0.779. The van der Waals surface area contributed by atoms with Gasteiger partial charge < -0.3 is 9.52 Å². The minimum absolute atomic E-state index is 0.0116. The number of piperidine rings is 1. The lowest BCUT2D eigenvalue weighted by atomic mass is 10.0. The molecule has 1 aliphatic rings. The van der Waals surface area contributed by atoms with Gasteiger partial charge >= 0.3 is 5.63 Å². The van der Waals surface area contributed by atoms with Crippen LogP contribution in [0, 0.1) is 0 Å². The first-order valence-corrected chi connectivity index (χ1v) is 11.0. The van der Waals surface area contributed by atoms with Crippen LogP contribution in [-0.2, 0) is 23.0 Å². The fourth-order valence-corrected chi connectivity index (χ4v) is 4.43. The Balaban J connectivity index is 1.80. The third kappa shape index (κ3) is 4.34. The van der Waals surface area contributed by atoms with Gasteiger partial charge in [0.25, 0.3) is 0 Å². The van der Waals surface area contributed by atoms with Crippen molar-refractivity contribution in [2.24, 2.45) is 0 Å². The van der Waals surface area contributed by atoms with Crippen molar-refractivity contribution < 1.29 is 17.9 Å². The number of phenolic OH excluding ortho intramolecular Hbond substituents is 1. The van der Waals surface area contributed by atoms with E-state index in [0.29, 0.717) is 18.5 Å². The van der Waals surface area contributed by atoms with Crippen LogP contribution in [0.3, 0.4) is 0 Å². The Labute approximate surface area is 159 Å². The number of aryl methyl sites for hydroxylation is 1. The van der Waals surface area contributed by atoms with Crippen molar-refractivity contribution in [1.29, 1.82) is 0 Å². The van der Waals surface area contributed by atoms with Gasteiger partial charge in [-0.2, -0.15) is 0 Å². The fraction of sp³-hybridized carbons (Fsp3) is 0.526. The Bertz CT molecular complexity index is 991. The number of benzene rings is 1. The molecule has 0 bridgehead atoms. The summed E-state index contributed by atoms with van der Waals surface area (Å²) >= 11 is 0. The van der Waals surface area contributed by atoms with E-state index in [0.717, 1.165) is 42.4 Å². The zero-order valence-corrected chi connectivity index (χ0v) is 16.8. The van der Waals surface area contributed by atoms with Crippen molar-refractivity contribution >= 4 is 21.0 Å². The molecule has 0 atom stereocenters.